The number of aromatic nitrogens is 3. The first-order chi connectivity index (χ1) is 12.6. The smallest absolute Gasteiger partial charge is 0.251 e. The van der Waals surface area contributed by atoms with Crippen molar-refractivity contribution in [2.75, 3.05) is 31.2 Å². The molecule has 1 aliphatic rings. The molecule has 1 amide bonds. The van der Waals surface area contributed by atoms with E-state index in [-0.39, 0.29) is 5.91 Å². The van der Waals surface area contributed by atoms with E-state index < -0.39 is 0 Å². The van der Waals surface area contributed by atoms with E-state index in [2.05, 4.69) is 19.8 Å². The topological polar surface area (TPSA) is 72.3 Å². The third-order valence-electron chi connectivity index (χ3n) is 4.51. The number of nitrogens with one attached hydrogen (secondary N) is 1. The molecule has 1 aromatic carbocycles. The van der Waals surface area contributed by atoms with E-state index in [4.69, 9.17) is 9.72 Å². The van der Waals surface area contributed by atoms with Gasteiger partial charge in [-0.25, -0.2) is 9.97 Å². The van der Waals surface area contributed by atoms with Crippen LogP contribution in [0.25, 0.3) is 11.0 Å². The van der Waals surface area contributed by atoms with Crippen molar-refractivity contribution in [3.63, 3.8) is 0 Å². The summed E-state index contributed by atoms with van der Waals surface area (Å²) in [6, 6.07) is 5.64. The number of benzene rings is 1. The lowest BCUT2D eigenvalue weighted by Crippen LogP contribution is -2.37. The van der Waals surface area contributed by atoms with Gasteiger partial charge in [-0.2, -0.15) is 0 Å². The molecule has 1 aliphatic heterocycles. The Kier molecular flexibility index (Phi) is 4.60. The summed E-state index contributed by atoms with van der Waals surface area (Å²) in [6.45, 7) is 5.48. The van der Waals surface area contributed by atoms with Gasteiger partial charge in [-0.15, -0.1) is 11.3 Å². The molecule has 3 aromatic rings. The number of amides is 1. The maximum Gasteiger partial charge on any atom is 0.251 e. The Morgan fingerprint density at radius 3 is 2.85 bits per heavy atom. The van der Waals surface area contributed by atoms with E-state index in [1.165, 1.54) is 0 Å². The number of ether oxygens (including phenoxy) is 1. The first-order valence-electron chi connectivity index (χ1n) is 8.60. The number of imidazole rings is 1. The van der Waals surface area contributed by atoms with Crippen LogP contribution in [0.3, 0.4) is 0 Å². The average molecular weight is 371 g/mol. The van der Waals surface area contributed by atoms with E-state index in [9.17, 15) is 4.79 Å². The van der Waals surface area contributed by atoms with Crippen molar-refractivity contribution < 1.29 is 9.53 Å². The number of carbonyl (C=O) groups excluding carboxylic acids is 1. The maximum atomic E-state index is 12.5. The highest BCUT2D eigenvalue weighted by atomic mass is 32.1. The molecule has 26 heavy (non-hydrogen) atoms. The molecule has 1 saturated heterocycles. The summed E-state index contributed by atoms with van der Waals surface area (Å²) in [5.41, 5.74) is 3.33. The van der Waals surface area contributed by atoms with Gasteiger partial charge < -0.3 is 19.5 Å². The molecule has 136 valence electrons. The Morgan fingerprint density at radius 1 is 1.31 bits per heavy atom. The van der Waals surface area contributed by atoms with Crippen LogP contribution < -0.4 is 10.2 Å². The molecule has 0 aliphatic carbocycles. The molecule has 0 radical (unpaired) electrons. The molecule has 0 spiro atoms. The normalized spacial score (nSPS) is 14.8. The molecule has 0 unspecified atom stereocenters. The van der Waals surface area contributed by atoms with Crippen LogP contribution in [0.4, 0.5) is 5.95 Å². The molecule has 1 fully saturated rings. The third-order valence-corrected chi connectivity index (χ3v) is 5.33. The van der Waals surface area contributed by atoms with Crippen molar-refractivity contribution in [1.82, 2.24) is 19.9 Å². The summed E-state index contributed by atoms with van der Waals surface area (Å²) in [6.07, 6.45) is 0. The highest BCUT2D eigenvalue weighted by Crippen LogP contribution is 2.23. The fourth-order valence-corrected chi connectivity index (χ4v) is 3.75. The number of thiazole rings is 1. The van der Waals surface area contributed by atoms with E-state index in [1.54, 1.807) is 11.3 Å². The predicted octanol–water partition coefficient (Wildman–Crippen LogP) is 2.10. The highest BCUT2D eigenvalue weighted by Gasteiger charge is 2.18. The summed E-state index contributed by atoms with van der Waals surface area (Å²) in [4.78, 5) is 23.8. The Bertz CT molecular complexity index is 942. The van der Waals surface area contributed by atoms with Crippen molar-refractivity contribution in [2.24, 2.45) is 7.05 Å². The van der Waals surface area contributed by atoms with Gasteiger partial charge in [-0.1, -0.05) is 0 Å². The fraction of sp³-hybridized carbons (Fsp3) is 0.389. The molecule has 8 heteroatoms. The second-order valence-electron chi connectivity index (χ2n) is 6.31. The number of hydrogen-bond donors (Lipinski definition) is 1. The predicted molar refractivity (Wildman–Crippen MR) is 102 cm³/mol. The van der Waals surface area contributed by atoms with Crippen molar-refractivity contribution in [2.45, 2.75) is 13.5 Å². The SMILES string of the molecule is Cc1nc(CNC(=O)c2ccc3c(c2)nc(N2CCOCC2)n3C)cs1. The van der Waals surface area contributed by atoms with E-state index in [1.807, 2.05) is 37.6 Å². The van der Waals surface area contributed by atoms with Crippen molar-refractivity contribution >= 4 is 34.2 Å². The number of anilines is 1. The lowest BCUT2D eigenvalue weighted by atomic mass is 10.2. The first kappa shape index (κ1) is 17.0. The molecular formula is C18H21N5O2S. The second kappa shape index (κ2) is 7.05. The number of aryl methyl sites for hydroxylation is 2. The van der Waals surface area contributed by atoms with Crippen LogP contribution in [0, 0.1) is 6.92 Å². The third kappa shape index (κ3) is 3.30. The summed E-state index contributed by atoms with van der Waals surface area (Å²) >= 11 is 1.58. The summed E-state index contributed by atoms with van der Waals surface area (Å²) in [7, 11) is 2.00. The van der Waals surface area contributed by atoms with Crippen LogP contribution >= 0.6 is 11.3 Å². The number of nitrogens with zero attached hydrogens (tertiary/aromatic N) is 4. The second-order valence-corrected chi connectivity index (χ2v) is 7.38. The number of hydrogen-bond acceptors (Lipinski definition) is 6. The van der Waals surface area contributed by atoms with Crippen LogP contribution in [0.5, 0.6) is 0 Å². The minimum Gasteiger partial charge on any atom is -0.378 e. The summed E-state index contributed by atoms with van der Waals surface area (Å²) < 4.78 is 7.48. The lowest BCUT2D eigenvalue weighted by Gasteiger charge is -2.27. The zero-order valence-corrected chi connectivity index (χ0v) is 15.7. The molecule has 0 atom stereocenters. The monoisotopic (exact) mass is 371 g/mol. The zero-order valence-electron chi connectivity index (χ0n) is 14.9. The molecule has 0 bridgehead atoms. The molecule has 2 aromatic heterocycles. The minimum atomic E-state index is -0.115. The molecule has 4 rings (SSSR count). The average Bonchev–Trinajstić information content (AvgIpc) is 3.23. The quantitative estimate of drug-likeness (QED) is 0.760. The van der Waals surface area contributed by atoms with Gasteiger partial charge in [0.15, 0.2) is 0 Å². The molecule has 1 N–H and O–H groups in total. The van der Waals surface area contributed by atoms with E-state index in [0.717, 1.165) is 40.8 Å². The summed E-state index contributed by atoms with van der Waals surface area (Å²) in [5, 5.41) is 5.89. The van der Waals surface area contributed by atoms with Gasteiger partial charge in [0.05, 0.1) is 41.5 Å². The number of morpholine rings is 1. The van der Waals surface area contributed by atoms with Gasteiger partial charge in [-0.3, -0.25) is 4.79 Å². The van der Waals surface area contributed by atoms with Gasteiger partial charge in [-0.05, 0) is 25.1 Å². The van der Waals surface area contributed by atoms with Crippen LogP contribution in [0.15, 0.2) is 23.6 Å². The molecule has 0 saturated carbocycles. The first-order valence-corrected chi connectivity index (χ1v) is 9.48. The molecular weight excluding hydrogens is 350 g/mol. The van der Waals surface area contributed by atoms with Crippen molar-refractivity contribution in [3.8, 4) is 0 Å². The number of rotatable bonds is 4. The maximum absolute atomic E-state index is 12.5. The van der Waals surface area contributed by atoms with Crippen LogP contribution in [0.1, 0.15) is 21.1 Å². The lowest BCUT2D eigenvalue weighted by molar-refractivity contribution is 0.0950. The standard InChI is InChI=1S/C18H21N5O2S/c1-12-20-14(11-26-12)10-19-17(24)13-3-4-16-15(9-13)21-18(22(16)2)23-5-7-25-8-6-23/h3-4,9,11H,5-8,10H2,1-2H3,(H,19,24). The zero-order chi connectivity index (χ0) is 18.1. The van der Waals surface area contributed by atoms with Crippen LogP contribution in [-0.4, -0.2) is 46.7 Å². The Morgan fingerprint density at radius 2 is 2.12 bits per heavy atom. The Hall–Kier alpha value is -2.45. The van der Waals surface area contributed by atoms with Crippen molar-refractivity contribution in [3.05, 3.63) is 39.8 Å². The van der Waals surface area contributed by atoms with Crippen LogP contribution in [0.2, 0.25) is 0 Å². The van der Waals surface area contributed by atoms with Crippen molar-refractivity contribution in [1.29, 1.82) is 0 Å². The number of fused-ring (bicyclic) bond motifs is 1. The van der Waals surface area contributed by atoms with Gasteiger partial charge in [0.25, 0.3) is 5.91 Å². The van der Waals surface area contributed by atoms with Crippen LogP contribution in [-0.2, 0) is 18.3 Å². The van der Waals surface area contributed by atoms with Gasteiger partial charge >= 0.3 is 0 Å². The Labute approximate surface area is 155 Å². The molecule has 7 nitrogen and oxygen atoms in total. The Balaban J connectivity index is 1.53. The van der Waals surface area contributed by atoms with E-state index >= 15 is 0 Å². The largest absolute Gasteiger partial charge is 0.378 e. The van der Waals surface area contributed by atoms with Gasteiger partial charge in [0.1, 0.15) is 0 Å². The van der Waals surface area contributed by atoms with Gasteiger partial charge in [0.2, 0.25) is 5.95 Å². The fourth-order valence-electron chi connectivity index (χ4n) is 3.14. The highest BCUT2D eigenvalue weighted by molar-refractivity contribution is 7.09. The minimum absolute atomic E-state index is 0.115. The number of carbonyl (C=O) groups is 1. The van der Waals surface area contributed by atoms with E-state index in [0.29, 0.717) is 25.3 Å². The summed E-state index contributed by atoms with van der Waals surface area (Å²) in [5.74, 6) is 0.801. The van der Waals surface area contributed by atoms with Gasteiger partial charge in [0, 0.05) is 31.1 Å². The molecule has 3 heterocycles.